The first-order valence-corrected chi connectivity index (χ1v) is 7.37. The fourth-order valence-electron chi connectivity index (χ4n) is 2.26. The van der Waals surface area contributed by atoms with Crippen LogP contribution >= 0.6 is 0 Å². The SMILES string of the molecule is Cc1ccc(CNc2nccn(-c3ccc(F)c(F)c3)c2=O)cc1. The van der Waals surface area contributed by atoms with Crippen molar-refractivity contribution in [3.8, 4) is 5.69 Å². The van der Waals surface area contributed by atoms with Gasteiger partial charge in [-0.25, -0.2) is 13.8 Å². The molecule has 0 saturated heterocycles. The van der Waals surface area contributed by atoms with E-state index < -0.39 is 17.2 Å². The van der Waals surface area contributed by atoms with Crippen LogP contribution in [0.3, 0.4) is 0 Å². The molecule has 1 aromatic heterocycles. The summed E-state index contributed by atoms with van der Waals surface area (Å²) in [4.78, 5) is 16.5. The van der Waals surface area contributed by atoms with Crippen LogP contribution < -0.4 is 10.9 Å². The highest BCUT2D eigenvalue weighted by Crippen LogP contribution is 2.12. The Balaban J connectivity index is 1.86. The fourth-order valence-corrected chi connectivity index (χ4v) is 2.26. The average Bonchev–Trinajstić information content (AvgIpc) is 2.58. The lowest BCUT2D eigenvalue weighted by atomic mass is 10.1. The summed E-state index contributed by atoms with van der Waals surface area (Å²) >= 11 is 0. The topological polar surface area (TPSA) is 46.9 Å². The van der Waals surface area contributed by atoms with Gasteiger partial charge in [-0.2, -0.15) is 0 Å². The molecule has 6 heteroatoms. The quantitative estimate of drug-likeness (QED) is 0.798. The van der Waals surface area contributed by atoms with Gasteiger partial charge in [0.1, 0.15) is 0 Å². The number of hydrogen-bond acceptors (Lipinski definition) is 3. The van der Waals surface area contributed by atoms with E-state index in [4.69, 9.17) is 0 Å². The van der Waals surface area contributed by atoms with Crippen molar-refractivity contribution in [3.63, 3.8) is 0 Å². The maximum absolute atomic E-state index is 13.4. The molecule has 0 fully saturated rings. The first kappa shape index (κ1) is 15.9. The van der Waals surface area contributed by atoms with Crippen molar-refractivity contribution in [3.05, 3.63) is 88.0 Å². The minimum Gasteiger partial charge on any atom is -0.361 e. The van der Waals surface area contributed by atoms with Crippen LogP contribution in [0.1, 0.15) is 11.1 Å². The lowest BCUT2D eigenvalue weighted by Gasteiger charge is -2.09. The molecule has 0 atom stereocenters. The van der Waals surface area contributed by atoms with Crippen molar-refractivity contribution in [2.24, 2.45) is 0 Å². The standard InChI is InChI=1S/C18H15F2N3O/c1-12-2-4-13(5-3-12)11-22-17-18(24)23(9-8-21-17)14-6-7-15(19)16(20)10-14/h2-10H,11H2,1H3,(H,21,22). The predicted molar refractivity (Wildman–Crippen MR) is 88.3 cm³/mol. The van der Waals surface area contributed by atoms with Gasteiger partial charge in [-0.15, -0.1) is 0 Å². The molecule has 4 nitrogen and oxygen atoms in total. The molecule has 3 aromatic rings. The summed E-state index contributed by atoms with van der Waals surface area (Å²) in [5, 5.41) is 2.97. The maximum Gasteiger partial charge on any atom is 0.297 e. The Labute approximate surface area is 137 Å². The summed E-state index contributed by atoms with van der Waals surface area (Å²) in [6.45, 7) is 2.43. The predicted octanol–water partition coefficient (Wildman–Crippen LogP) is 3.43. The van der Waals surface area contributed by atoms with Crippen molar-refractivity contribution < 1.29 is 8.78 Å². The monoisotopic (exact) mass is 327 g/mol. The molecule has 1 heterocycles. The zero-order chi connectivity index (χ0) is 17.1. The van der Waals surface area contributed by atoms with Gasteiger partial charge in [0.15, 0.2) is 17.5 Å². The Bertz CT molecular complexity index is 920. The summed E-state index contributed by atoms with van der Waals surface area (Å²) in [5.74, 6) is -1.83. The van der Waals surface area contributed by atoms with E-state index in [9.17, 15) is 13.6 Å². The molecule has 0 unspecified atom stereocenters. The van der Waals surface area contributed by atoms with Crippen molar-refractivity contribution in [2.45, 2.75) is 13.5 Å². The molecule has 0 amide bonds. The second-order valence-corrected chi connectivity index (χ2v) is 5.39. The first-order chi connectivity index (χ1) is 11.5. The molecule has 0 saturated carbocycles. The molecule has 24 heavy (non-hydrogen) atoms. The highest BCUT2D eigenvalue weighted by Gasteiger charge is 2.09. The Morgan fingerprint density at radius 1 is 1.08 bits per heavy atom. The lowest BCUT2D eigenvalue weighted by Crippen LogP contribution is -2.23. The lowest BCUT2D eigenvalue weighted by molar-refractivity contribution is 0.508. The van der Waals surface area contributed by atoms with E-state index in [-0.39, 0.29) is 11.5 Å². The fraction of sp³-hybridized carbons (Fsp3) is 0.111. The number of nitrogens with one attached hydrogen (secondary N) is 1. The van der Waals surface area contributed by atoms with Gasteiger partial charge in [-0.1, -0.05) is 29.8 Å². The minimum atomic E-state index is -1.01. The Morgan fingerprint density at radius 3 is 2.54 bits per heavy atom. The highest BCUT2D eigenvalue weighted by molar-refractivity contribution is 5.39. The van der Waals surface area contributed by atoms with Crippen LogP contribution in [0.2, 0.25) is 0 Å². The van der Waals surface area contributed by atoms with Crippen LogP contribution in [0.15, 0.2) is 59.7 Å². The van der Waals surface area contributed by atoms with Gasteiger partial charge in [-0.05, 0) is 24.6 Å². The first-order valence-electron chi connectivity index (χ1n) is 7.37. The number of halogens is 2. The Hall–Kier alpha value is -3.02. The van der Waals surface area contributed by atoms with Gasteiger partial charge >= 0.3 is 0 Å². The summed E-state index contributed by atoms with van der Waals surface area (Å²) in [7, 11) is 0. The molecular formula is C18H15F2N3O. The van der Waals surface area contributed by atoms with E-state index >= 15 is 0 Å². The number of nitrogens with zero attached hydrogens (tertiary/aromatic N) is 2. The van der Waals surface area contributed by atoms with Gasteiger partial charge in [0, 0.05) is 25.0 Å². The molecule has 0 aliphatic carbocycles. The van der Waals surface area contributed by atoms with Crippen LogP contribution in [-0.2, 0) is 6.54 Å². The third kappa shape index (κ3) is 3.32. The third-order valence-corrected chi connectivity index (χ3v) is 3.60. The molecular weight excluding hydrogens is 312 g/mol. The smallest absolute Gasteiger partial charge is 0.297 e. The molecule has 0 bridgehead atoms. The second kappa shape index (κ2) is 6.62. The van der Waals surface area contributed by atoms with Crippen LogP contribution in [0, 0.1) is 18.6 Å². The molecule has 122 valence electrons. The van der Waals surface area contributed by atoms with E-state index in [1.165, 1.54) is 23.0 Å². The largest absolute Gasteiger partial charge is 0.361 e. The van der Waals surface area contributed by atoms with Gasteiger partial charge < -0.3 is 5.32 Å². The van der Waals surface area contributed by atoms with Crippen LogP contribution in [0.25, 0.3) is 5.69 Å². The number of hydrogen-bond donors (Lipinski definition) is 1. The summed E-state index contributed by atoms with van der Waals surface area (Å²) < 4.78 is 27.6. The minimum absolute atomic E-state index is 0.141. The molecule has 0 spiro atoms. The van der Waals surface area contributed by atoms with Crippen molar-refractivity contribution >= 4 is 5.82 Å². The van der Waals surface area contributed by atoms with Gasteiger partial charge in [0.25, 0.3) is 5.56 Å². The van der Waals surface area contributed by atoms with Gasteiger partial charge in [0.05, 0.1) is 5.69 Å². The van der Waals surface area contributed by atoms with Gasteiger partial charge in [0.2, 0.25) is 0 Å². The van der Waals surface area contributed by atoms with Crippen molar-refractivity contribution in [1.29, 1.82) is 0 Å². The van der Waals surface area contributed by atoms with Crippen LogP contribution in [0.5, 0.6) is 0 Å². The molecule has 0 aliphatic heterocycles. The van der Waals surface area contributed by atoms with Crippen molar-refractivity contribution in [1.82, 2.24) is 9.55 Å². The number of anilines is 1. The van der Waals surface area contributed by atoms with Crippen LogP contribution in [0.4, 0.5) is 14.6 Å². The zero-order valence-electron chi connectivity index (χ0n) is 13.0. The zero-order valence-corrected chi connectivity index (χ0v) is 13.0. The van der Waals surface area contributed by atoms with E-state index in [1.807, 2.05) is 31.2 Å². The number of rotatable bonds is 4. The number of benzene rings is 2. The third-order valence-electron chi connectivity index (χ3n) is 3.60. The summed E-state index contributed by atoms with van der Waals surface area (Å²) in [6.07, 6.45) is 2.84. The molecule has 3 rings (SSSR count). The summed E-state index contributed by atoms with van der Waals surface area (Å²) in [5.41, 5.74) is 1.96. The highest BCUT2D eigenvalue weighted by atomic mass is 19.2. The van der Waals surface area contributed by atoms with E-state index in [0.29, 0.717) is 6.54 Å². The normalized spacial score (nSPS) is 10.6. The molecule has 2 aromatic carbocycles. The molecule has 1 N–H and O–H groups in total. The number of aryl methyl sites for hydroxylation is 1. The molecule has 0 radical (unpaired) electrons. The summed E-state index contributed by atoms with van der Waals surface area (Å²) in [6, 6.07) is 11.2. The van der Waals surface area contributed by atoms with Crippen LogP contribution in [-0.4, -0.2) is 9.55 Å². The van der Waals surface area contributed by atoms with E-state index in [1.54, 1.807) is 0 Å². The Kier molecular flexibility index (Phi) is 4.37. The second-order valence-electron chi connectivity index (χ2n) is 5.39. The maximum atomic E-state index is 13.4. The van der Waals surface area contributed by atoms with Crippen molar-refractivity contribution in [2.75, 3.05) is 5.32 Å². The Morgan fingerprint density at radius 2 is 1.83 bits per heavy atom. The molecule has 0 aliphatic rings. The van der Waals surface area contributed by atoms with Gasteiger partial charge in [-0.3, -0.25) is 9.36 Å². The van der Waals surface area contributed by atoms with E-state index in [0.717, 1.165) is 23.3 Å². The number of aromatic nitrogens is 2. The average molecular weight is 327 g/mol. The van der Waals surface area contributed by atoms with E-state index in [2.05, 4.69) is 10.3 Å².